The number of nitrogens with one attached hydrogen (secondary N) is 1. The summed E-state index contributed by atoms with van der Waals surface area (Å²) < 4.78 is 6.77. The summed E-state index contributed by atoms with van der Waals surface area (Å²) in [6.45, 7) is 9.22. The minimum absolute atomic E-state index is 0.0198. The number of pyridine rings is 1. The van der Waals surface area contributed by atoms with Gasteiger partial charge in [-0.2, -0.15) is 5.10 Å². The zero-order chi connectivity index (χ0) is 25.5. The molecule has 0 saturated heterocycles. The topological polar surface area (TPSA) is 103 Å². The lowest BCUT2D eigenvalue weighted by Gasteiger charge is -2.18. The van der Waals surface area contributed by atoms with Crippen molar-refractivity contribution < 1.29 is 14.3 Å². The van der Waals surface area contributed by atoms with E-state index in [9.17, 15) is 14.4 Å². The second-order valence-electron chi connectivity index (χ2n) is 8.51. The molecule has 8 nitrogen and oxygen atoms in total. The fraction of sp³-hybridized carbons (Fsp3) is 0.370. The van der Waals surface area contributed by atoms with Gasteiger partial charge in [0.05, 0.1) is 23.6 Å². The van der Waals surface area contributed by atoms with Gasteiger partial charge in [-0.25, -0.2) is 9.48 Å². The van der Waals surface area contributed by atoms with Gasteiger partial charge in [-0.15, -0.1) is 0 Å². The maximum Gasteiger partial charge on any atom is 0.359 e. The molecule has 0 saturated carbocycles. The molecule has 2 heterocycles. The number of carbonyl (C=O) groups excluding carboxylic acids is 2. The first kappa shape index (κ1) is 25.8. The van der Waals surface area contributed by atoms with Crippen molar-refractivity contribution in [1.82, 2.24) is 14.8 Å². The molecule has 1 N–H and O–H groups in total. The number of aryl methyl sites for hydroxylation is 1. The van der Waals surface area contributed by atoms with E-state index in [1.54, 1.807) is 26.2 Å². The Morgan fingerprint density at radius 3 is 2.60 bits per heavy atom. The van der Waals surface area contributed by atoms with Crippen LogP contribution in [0.2, 0.25) is 0 Å². The van der Waals surface area contributed by atoms with Crippen LogP contribution in [0.5, 0.6) is 0 Å². The van der Waals surface area contributed by atoms with Crippen molar-refractivity contribution in [3.05, 3.63) is 69.9 Å². The number of hydrogen-bond donors (Lipinski definition) is 1. The molecule has 0 bridgehead atoms. The number of hydrogen-bond acceptors (Lipinski definition) is 7. The van der Waals surface area contributed by atoms with Crippen LogP contribution in [-0.4, -0.2) is 32.6 Å². The molecule has 0 radical (unpaired) electrons. The highest BCUT2D eigenvalue weighted by molar-refractivity contribution is 6.09. The number of fused-ring (bicyclic) bond motifs is 1. The zero-order valence-electron chi connectivity index (χ0n) is 20.9. The molecule has 35 heavy (non-hydrogen) atoms. The number of carbonyl (C=O) groups is 2. The number of ketones is 1. The van der Waals surface area contributed by atoms with Gasteiger partial charge in [-0.1, -0.05) is 42.8 Å². The predicted molar refractivity (Wildman–Crippen MR) is 137 cm³/mol. The van der Waals surface area contributed by atoms with Gasteiger partial charge < -0.3 is 10.1 Å². The van der Waals surface area contributed by atoms with E-state index in [0.717, 1.165) is 28.3 Å². The Kier molecular flexibility index (Phi) is 8.52. The van der Waals surface area contributed by atoms with E-state index in [1.165, 1.54) is 12.5 Å². The SMILES string of the molecule is CCC(C)=CCCC(C)OC(=O)c1nn(CC)c(=O)c(Nc2cncc3ccccc23)c1C(C)=O. The average Bonchev–Trinajstić information content (AvgIpc) is 2.84. The van der Waals surface area contributed by atoms with E-state index in [-0.39, 0.29) is 29.6 Å². The number of anilines is 2. The molecule has 0 aliphatic carbocycles. The molecule has 0 spiro atoms. The van der Waals surface area contributed by atoms with Crippen LogP contribution in [-0.2, 0) is 11.3 Å². The Labute approximate surface area is 205 Å². The molecule has 3 aromatic rings. The fourth-order valence-corrected chi connectivity index (χ4v) is 3.74. The van der Waals surface area contributed by atoms with Crippen molar-refractivity contribution in [2.45, 2.75) is 66.5 Å². The number of nitrogens with zero attached hydrogens (tertiary/aromatic N) is 3. The van der Waals surface area contributed by atoms with Gasteiger partial charge in [-0.3, -0.25) is 14.6 Å². The Balaban J connectivity index is 2.02. The van der Waals surface area contributed by atoms with Crippen molar-refractivity contribution in [1.29, 1.82) is 0 Å². The lowest BCUT2D eigenvalue weighted by Crippen LogP contribution is -2.31. The molecule has 0 amide bonds. The van der Waals surface area contributed by atoms with Crippen molar-refractivity contribution in [2.75, 3.05) is 5.32 Å². The standard InChI is InChI=1S/C27H32N4O4/c1-6-17(3)11-10-12-18(4)35-27(34)25-23(19(5)32)24(26(33)31(7-2)30-25)29-22-16-28-15-20-13-8-9-14-21(20)22/h8-9,11,13-16,18,29H,6-7,10,12H2,1-5H3. The molecule has 0 fully saturated rings. The first-order chi connectivity index (χ1) is 16.8. The number of Topliss-reactive ketones (excluding diaryl/α,β-unsaturated/α-hetero) is 1. The number of aromatic nitrogens is 3. The summed E-state index contributed by atoms with van der Waals surface area (Å²) >= 11 is 0. The highest BCUT2D eigenvalue weighted by Gasteiger charge is 2.27. The summed E-state index contributed by atoms with van der Waals surface area (Å²) in [5.41, 5.74) is 1.03. The van der Waals surface area contributed by atoms with Gasteiger partial charge in [0.15, 0.2) is 11.5 Å². The van der Waals surface area contributed by atoms with Gasteiger partial charge in [0.1, 0.15) is 5.69 Å². The Hall–Kier alpha value is -3.81. The third kappa shape index (κ3) is 6.01. The van der Waals surface area contributed by atoms with Crippen molar-refractivity contribution in [3.63, 3.8) is 0 Å². The molecule has 1 unspecified atom stereocenters. The molecule has 3 rings (SSSR count). The third-order valence-corrected chi connectivity index (χ3v) is 5.86. The summed E-state index contributed by atoms with van der Waals surface area (Å²) in [6, 6.07) is 7.55. The van der Waals surface area contributed by atoms with Crippen molar-refractivity contribution in [2.24, 2.45) is 0 Å². The Morgan fingerprint density at radius 2 is 1.91 bits per heavy atom. The number of benzene rings is 1. The van der Waals surface area contributed by atoms with Gasteiger partial charge in [0.25, 0.3) is 5.56 Å². The average molecular weight is 477 g/mol. The molecule has 184 valence electrons. The quantitative estimate of drug-likeness (QED) is 0.236. The van der Waals surface area contributed by atoms with E-state index >= 15 is 0 Å². The Bertz CT molecular complexity index is 1320. The number of rotatable bonds is 10. The molecule has 1 atom stereocenters. The minimum Gasteiger partial charge on any atom is -0.458 e. The number of ether oxygens (including phenoxy) is 1. The van der Waals surface area contributed by atoms with E-state index in [4.69, 9.17) is 4.74 Å². The summed E-state index contributed by atoms with van der Waals surface area (Å²) in [4.78, 5) is 43.3. The second-order valence-corrected chi connectivity index (χ2v) is 8.51. The van der Waals surface area contributed by atoms with Crippen LogP contribution in [0, 0.1) is 0 Å². The van der Waals surface area contributed by atoms with Crippen molar-refractivity contribution >= 4 is 33.9 Å². The first-order valence-corrected chi connectivity index (χ1v) is 11.9. The maximum absolute atomic E-state index is 13.2. The van der Waals surface area contributed by atoms with Gasteiger partial charge in [-0.05, 0) is 47.0 Å². The van der Waals surface area contributed by atoms with Crippen LogP contribution in [0.25, 0.3) is 10.8 Å². The maximum atomic E-state index is 13.2. The lowest BCUT2D eigenvalue weighted by molar-refractivity contribution is 0.0314. The normalized spacial score (nSPS) is 12.4. The fourth-order valence-electron chi connectivity index (χ4n) is 3.74. The molecule has 2 aromatic heterocycles. The summed E-state index contributed by atoms with van der Waals surface area (Å²) in [6.07, 6.45) is 7.42. The van der Waals surface area contributed by atoms with Crippen LogP contribution < -0.4 is 10.9 Å². The van der Waals surface area contributed by atoms with Gasteiger partial charge in [0.2, 0.25) is 0 Å². The highest BCUT2D eigenvalue weighted by atomic mass is 16.5. The first-order valence-electron chi connectivity index (χ1n) is 11.9. The van der Waals surface area contributed by atoms with Crippen LogP contribution in [0.3, 0.4) is 0 Å². The molecular weight excluding hydrogens is 444 g/mol. The minimum atomic E-state index is -0.736. The van der Waals surface area contributed by atoms with Crippen molar-refractivity contribution in [3.8, 4) is 0 Å². The highest BCUT2D eigenvalue weighted by Crippen LogP contribution is 2.27. The van der Waals surface area contributed by atoms with Crippen LogP contribution in [0.15, 0.2) is 53.1 Å². The molecule has 0 aliphatic rings. The summed E-state index contributed by atoms with van der Waals surface area (Å²) in [7, 11) is 0. The number of allylic oxidation sites excluding steroid dienone is 2. The third-order valence-electron chi connectivity index (χ3n) is 5.86. The van der Waals surface area contributed by atoms with Gasteiger partial charge in [0, 0.05) is 23.5 Å². The van der Waals surface area contributed by atoms with Crippen LogP contribution in [0.4, 0.5) is 11.4 Å². The lowest BCUT2D eigenvalue weighted by atomic mass is 10.1. The van der Waals surface area contributed by atoms with E-state index in [0.29, 0.717) is 12.1 Å². The second kappa shape index (κ2) is 11.6. The summed E-state index contributed by atoms with van der Waals surface area (Å²) in [5, 5.41) is 8.95. The van der Waals surface area contributed by atoms with E-state index < -0.39 is 17.3 Å². The summed E-state index contributed by atoms with van der Waals surface area (Å²) in [5.74, 6) is -1.20. The predicted octanol–water partition coefficient (Wildman–Crippen LogP) is 5.44. The van der Waals surface area contributed by atoms with Crippen LogP contribution in [0.1, 0.15) is 74.7 Å². The van der Waals surface area contributed by atoms with E-state index in [2.05, 4.69) is 35.3 Å². The zero-order valence-corrected chi connectivity index (χ0v) is 20.9. The number of esters is 1. The monoisotopic (exact) mass is 476 g/mol. The molecule has 0 aliphatic heterocycles. The van der Waals surface area contributed by atoms with Crippen LogP contribution >= 0.6 is 0 Å². The molecule has 8 heteroatoms. The van der Waals surface area contributed by atoms with E-state index in [1.807, 2.05) is 24.3 Å². The largest absolute Gasteiger partial charge is 0.458 e. The molecule has 1 aromatic carbocycles. The molecular formula is C27H32N4O4. The smallest absolute Gasteiger partial charge is 0.359 e. The Morgan fingerprint density at radius 1 is 1.17 bits per heavy atom. The van der Waals surface area contributed by atoms with Gasteiger partial charge >= 0.3 is 5.97 Å².